The average Bonchev–Trinajstić information content (AvgIpc) is 2.46. The number of ether oxygens (including phenoxy) is 2. The first-order valence-corrected chi connectivity index (χ1v) is 7.06. The minimum atomic E-state index is -1.36. The van der Waals surface area contributed by atoms with E-state index in [-0.39, 0.29) is 5.76 Å². The molecule has 2 aromatic carbocycles. The van der Waals surface area contributed by atoms with Crippen molar-refractivity contribution in [3.8, 4) is 5.75 Å². The molecule has 0 radical (unpaired) electrons. The predicted octanol–water partition coefficient (Wildman–Crippen LogP) is 4.62. The number of rotatable bonds is 2. The van der Waals surface area contributed by atoms with Gasteiger partial charge in [0.05, 0.1) is 0 Å². The number of carbonyl (C=O) groups is 1. The quantitative estimate of drug-likeness (QED) is 0.806. The van der Waals surface area contributed by atoms with Gasteiger partial charge >= 0.3 is 6.16 Å². The van der Waals surface area contributed by atoms with Crippen molar-refractivity contribution in [1.82, 2.24) is 0 Å². The number of carboxylic acid groups (broad SMARTS) is 1. The maximum Gasteiger partial charge on any atom is 0.511 e. The summed E-state index contributed by atoms with van der Waals surface area (Å²) in [4.78, 5) is 10.9. The van der Waals surface area contributed by atoms with Gasteiger partial charge in [0.15, 0.2) is 11.9 Å². The third-order valence-corrected chi connectivity index (χ3v) is 3.57. The van der Waals surface area contributed by atoms with Crippen LogP contribution in [0.4, 0.5) is 4.79 Å². The van der Waals surface area contributed by atoms with E-state index in [4.69, 9.17) is 14.6 Å². The van der Waals surface area contributed by atoms with Crippen molar-refractivity contribution >= 4 is 28.2 Å². The zero-order valence-corrected chi connectivity index (χ0v) is 12.4. The van der Waals surface area contributed by atoms with Crippen molar-refractivity contribution in [2.45, 2.75) is 6.10 Å². The van der Waals surface area contributed by atoms with Crippen molar-refractivity contribution in [2.24, 2.45) is 0 Å². The van der Waals surface area contributed by atoms with Gasteiger partial charge in [-0.25, -0.2) is 4.79 Å². The number of hydrogen-bond donors (Lipinski definition) is 1. The van der Waals surface area contributed by atoms with Gasteiger partial charge in [-0.1, -0.05) is 46.3 Å². The van der Waals surface area contributed by atoms with E-state index in [0.717, 1.165) is 15.6 Å². The van der Waals surface area contributed by atoms with Gasteiger partial charge in [-0.3, -0.25) is 0 Å². The molecule has 1 aliphatic heterocycles. The summed E-state index contributed by atoms with van der Waals surface area (Å²) in [7, 11) is 0. The molecule has 2 aromatic rings. The summed E-state index contributed by atoms with van der Waals surface area (Å²) in [5.74, 6) is 0.944. The van der Waals surface area contributed by atoms with Crippen molar-refractivity contribution in [2.75, 3.05) is 0 Å². The molecule has 0 bridgehead atoms. The molecule has 1 aliphatic rings. The van der Waals surface area contributed by atoms with Crippen molar-refractivity contribution in [3.63, 3.8) is 0 Å². The van der Waals surface area contributed by atoms with E-state index in [1.807, 2.05) is 48.5 Å². The monoisotopic (exact) mass is 346 g/mol. The molecule has 4 nitrogen and oxygen atoms in total. The number of fused-ring (bicyclic) bond motifs is 1. The summed E-state index contributed by atoms with van der Waals surface area (Å²) < 4.78 is 11.7. The lowest BCUT2D eigenvalue weighted by Gasteiger charge is -2.26. The summed E-state index contributed by atoms with van der Waals surface area (Å²) in [6.07, 6.45) is -0.254. The highest BCUT2D eigenvalue weighted by Gasteiger charge is 2.27. The van der Waals surface area contributed by atoms with E-state index < -0.39 is 12.3 Å². The standard InChI is InChI=1S/C16H11BrO4/c17-12-6-3-5-11(8-12)15-14(21-16(18)19)9-10-4-1-2-7-13(10)20-15/h1-9,15H,(H,18,19). The second-order valence-corrected chi connectivity index (χ2v) is 5.42. The maximum absolute atomic E-state index is 10.9. The fourth-order valence-electron chi connectivity index (χ4n) is 2.21. The molecule has 0 aromatic heterocycles. The lowest BCUT2D eigenvalue weighted by molar-refractivity contribution is 0.0899. The number of halogens is 1. The lowest BCUT2D eigenvalue weighted by atomic mass is 10.0. The molecular weight excluding hydrogens is 336 g/mol. The van der Waals surface area contributed by atoms with Crippen LogP contribution in [0.2, 0.25) is 0 Å². The Hall–Kier alpha value is -2.27. The average molecular weight is 347 g/mol. The summed E-state index contributed by atoms with van der Waals surface area (Å²) >= 11 is 3.40. The van der Waals surface area contributed by atoms with Gasteiger partial charge in [0.2, 0.25) is 0 Å². The first-order chi connectivity index (χ1) is 10.1. The SMILES string of the molecule is O=C(O)OC1=Cc2ccccc2OC1c1cccc(Br)c1. The van der Waals surface area contributed by atoms with Gasteiger partial charge in [0, 0.05) is 15.6 Å². The van der Waals surface area contributed by atoms with Crippen LogP contribution >= 0.6 is 15.9 Å². The van der Waals surface area contributed by atoms with Crippen LogP contribution in [0.25, 0.3) is 6.08 Å². The third-order valence-electron chi connectivity index (χ3n) is 3.08. The Kier molecular flexibility index (Phi) is 3.66. The highest BCUT2D eigenvalue weighted by molar-refractivity contribution is 9.10. The molecule has 3 rings (SSSR count). The second-order valence-electron chi connectivity index (χ2n) is 4.51. The van der Waals surface area contributed by atoms with E-state index in [9.17, 15) is 4.79 Å². The largest absolute Gasteiger partial charge is 0.511 e. The molecule has 106 valence electrons. The maximum atomic E-state index is 10.9. The van der Waals surface area contributed by atoms with Crippen LogP contribution in [0.1, 0.15) is 17.2 Å². The molecular formula is C16H11BrO4. The summed E-state index contributed by atoms with van der Waals surface area (Å²) in [6.45, 7) is 0. The molecule has 5 heteroatoms. The highest BCUT2D eigenvalue weighted by Crippen LogP contribution is 2.38. The second kappa shape index (κ2) is 5.61. The Morgan fingerprint density at radius 2 is 2.00 bits per heavy atom. The zero-order valence-electron chi connectivity index (χ0n) is 10.8. The smallest absolute Gasteiger partial charge is 0.477 e. The van der Waals surface area contributed by atoms with Crippen molar-refractivity contribution in [1.29, 1.82) is 0 Å². The van der Waals surface area contributed by atoms with Crippen LogP contribution in [-0.4, -0.2) is 11.3 Å². The van der Waals surface area contributed by atoms with Gasteiger partial charge in [-0.2, -0.15) is 0 Å². The highest BCUT2D eigenvalue weighted by atomic mass is 79.9. The molecule has 0 aliphatic carbocycles. The molecule has 21 heavy (non-hydrogen) atoms. The first-order valence-electron chi connectivity index (χ1n) is 6.27. The Morgan fingerprint density at radius 3 is 2.76 bits per heavy atom. The van der Waals surface area contributed by atoms with Gasteiger partial charge in [-0.15, -0.1) is 0 Å². The number of hydrogen-bond acceptors (Lipinski definition) is 3. The third kappa shape index (κ3) is 2.92. The fourth-order valence-corrected chi connectivity index (χ4v) is 2.62. The molecule has 0 saturated heterocycles. The van der Waals surface area contributed by atoms with Crippen molar-refractivity contribution in [3.05, 3.63) is 69.9 Å². The topological polar surface area (TPSA) is 55.8 Å². The van der Waals surface area contributed by atoms with Crippen LogP contribution in [0.5, 0.6) is 5.75 Å². The predicted molar refractivity (Wildman–Crippen MR) is 81.0 cm³/mol. The number of para-hydroxylation sites is 1. The molecule has 1 N–H and O–H groups in total. The lowest BCUT2D eigenvalue weighted by Crippen LogP contribution is -2.18. The van der Waals surface area contributed by atoms with E-state index in [0.29, 0.717) is 5.75 Å². The van der Waals surface area contributed by atoms with Gasteiger partial charge in [0.25, 0.3) is 0 Å². The summed E-state index contributed by atoms with van der Waals surface area (Å²) in [6, 6.07) is 14.9. The molecule has 0 spiro atoms. The Bertz CT molecular complexity index is 724. The minimum Gasteiger partial charge on any atom is -0.477 e. The molecule has 0 saturated carbocycles. The zero-order chi connectivity index (χ0) is 14.8. The van der Waals surface area contributed by atoms with E-state index in [1.54, 1.807) is 6.08 Å². The minimum absolute atomic E-state index is 0.249. The first kappa shape index (κ1) is 13.7. The van der Waals surface area contributed by atoms with Crippen LogP contribution in [0.15, 0.2) is 58.8 Å². The Balaban J connectivity index is 2.05. The molecule has 0 fully saturated rings. The summed E-state index contributed by atoms with van der Waals surface area (Å²) in [5.41, 5.74) is 1.60. The molecule has 1 atom stereocenters. The van der Waals surface area contributed by atoms with Crippen LogP contribution in [-0.2, 0) is 4.74 Å². The Morgan fingerprint density at radius 1 is 1.19 bits per heavy atom. The summed E-state index contributed by atoms with van der Waals surface area (Å²) in [5, 5.41) is 8.91. The van der Waals surface area contributed by atoms with Gasteiger partial charge in [-0.05, 0) is 24.3 Å². The molecule has 1 heterocycles. The fraction of sp³-hybridized carbons (Fsp3) is 0.0625. The van der Waals surface area contributed by atoms with E-state index in [2.05, 4.69) is 15.9 Å². The molecule has 0 amide bonds. The number of benzene rings is 2. The van der Waals surface area contributed by atoms with E-state index >= 15 is 0 Å². The van der Waals surface area contributed by atoms with E-state index in [1.165, 1.54) is 0 Å². The van der Waals surface area contributed by atoms with Crippen molar-refractivity contribution < 1.29 is 19.4 Å². The van der Waals surface area contributed by atoms with Gasteiger partial charge in [0.1, 0.15) is 5.75 Å². The van der Waals surface area contributed by atoms with Crippen LogP contribution in [0.3, 0.4) is 0 Å². The van der Waals surface area contributed by atoms with Gasteiger partial charge < -0.3 is 14.6 Å². The molecule has 1 unspecified atom stereocenters. The van der Waals surface area contributed by atoms with Crippen LogP contribution in [0, 0.1) is 0 Å². The normalized spacial score (nSPS) is 16.4. The Labute approximate surface area is 129 Å². The van der Waals surface area contributed by atoms with Crippen LogP contribution < -0.4 is 4.74 Å².